The SMILES string of the molecule is CCn1c(=O)c(C(=O)CN2CCCCC2C(N)=O)c(N)n(Cc2ccccc2OC)c1=O. The Balaban J connectivity index is 2.05. The van der Waals surface area contributed by atoms with Gasteiger partial charge in [0.05, 0.1) is 26.2 Å². The van der Waals surface area contributed by atoms with E-state index >= 15 is 0 Å². The van der Waals surface area contributed by atoms with Crippen LogP contribution in [0.2, 0.25) is 0 Å². The first-order valence-electron chi connectivity index (χ1n) is 10.6. The summed E-state index contributed by atoms with van der Waals surface area (Å²) in [6.45, 7) is 2.10. The molecule has 2 aromatic rings. The summed E-state index contributed by atoms with van der Waals surface area (Å²) in [6.07, 6.45) is 2.22. The van der Waals surface area contributed by atoms with Crippen LogP contribution in [-0.4, -0.2) is 52.0 Å². The number of nitrogen functional groups attached to an aromatic ring is 1. The van der Waals surface area contributed by atoms with Gasteiger partial charge in [-0.1, -0.05) is 24.6 Å². The Morgan fingerprint density at radius 3 is 2.53 bits per heavy atom. The number of aromatic nitrogens is 2. The van der Waals surface area contributed by atoms with E-state index in [9.17, 15) is 19.2 Å². The van der Waals surface area contributed by atoms with Gasteiger partial charge in [-0.25, -0.2) is 4.79 Å². The van der Waals surface area contributed by atoms with Crippen molar-refractivity contribution in [2.24, 2.45) is 5.73 Å². The predicted octanol–water partition coefficient (Wildman–Crippen LogP) is 0.192. The molecule has 0 spiro atoms. The number of carbonyl (C=O) groups excluding carboxylic acids is 2. The number of para-hydroxylation sites is 1. The highest BCUT2D eigenvalue weighted by molar-refractivity contribution is 6.01. The molecule has 0 aliphatic carbocycles. The molecule has 3 rings (SSSR count). The number of rotatable bonds is 8. The lowest BCUT2D eigenvalue weighted by molar-refractivity contribution is -0.124. The van der Waals surface area contributed by atoms with Gasteiger partial charge in [-0.15, -0.1) is 0 Å². The molecule has 1 unspecified atom stereocenters. The topological polar surface area (TPSA) is 143 Å². The molecule has 1 aromatic heterocycles. The number of carbonyl (C=O) groups is 2. The lowest BCUT2D eigenvalue weighted by Crippen LogP contribution is -2.51. The zero-order valence-corrected chi connectivity index (χ0v) is 18.4. The molecule has 32 heavy (non-hydrogen) atoms. The lowest BCUT2D eigenvalue weighted by atomic mass is 10.0. The molecule has 1 atom stereocenters. The van der Waals surface area contributed by atoms with Gasteiger partial charge in [0.1, 0.15) is 17.1 Å². The molecule has 1 fully saturated rings. The maximum absolute atomic E-state index is 13.2. The number of benzene rings is 1. The van der Waals surface area contributed by atoms with Gasteiger partial charge in [-0.05, 0) is 32.4 Å². The summed E-state index contributed by atoms with van der Waals surface area (Å²) < 4.78 is 7.54. The van der Waals surface area contributed by atoms with E-state index < -0.39 is 29.0 Å². The second-order valence-corrected chi connectivity index (χ2v) is 7.80. The molecule has 0 radical (unpaired) electrons. The van der Waals surface area contributed by atoms with Crippen LogP contribution >= 0.6 is 0 Å². The van der Waals surface area contributed by atoms with Gasteiger partial charge in [-0.2, -0.15) is 0 Å². The minimum absolute atomic E-state index is 0.0306. The third-order valence-electron chi connectivity index (χ3n) is 5.87. The number of methoxy groups -OCH3 is 1. The second-order valence-electron chi connectivity index (χ2n) is 7.80. The first kappa shape index (κ1) is 23.3. The smallest absolute Gasteiger partial charge is 0.332 e. The number of nitrogens with zero attached hydrogens (tertiary/aromatic N) is 3. The number of hydrogen-bond acceptors (Lipinski definition) is 7. The summed E-state index contributed by atoms with van der Waals surface area (Å²) in [7, 11) is 1.51. The van der Waals surface area contributed by atoms with Crippen molar-refractivity contribution in [2.75, 3.05) is 25.9 Å². The van der Waals surface area contributed by atoms with E-state index in [2.05, 4.69) is 0 Å². The summed E-state index contributed by atoms with van der Waals surface area (Å²) in [6, 6.07) is 6.55. The fraction of sp³-hybridized carbons (Fsp3) is 0.455. The molecular weight excluding hydrogens is 414 g/mol. The first-order chi connectivity index (χ1) is 15.3. The van der Waals surface area contributed by atoms with E-state index in [0.29, 0.717) is 24.3 Å². The highest BCUT2D eigenvalue weighted by Crippen LogP contribution is 2.21. The fourth-order valence-corrected chi connectivity index (χ4v) is 4.18. The molecule has 0 saturated carbocycles. The third-order valence-corrected chi connectivity index (χ3v) is 5.87. The minimum atomic E-state index is -0.732. The van der Waals surface area contributed by atoms with Crippen molar-refractivity contribution in [1.82, 2.24) is 14.0 Å². The zero-order valence-electron chi connectivity index (χ0n) is 18.4. The highest BCUT2D eigenvalue weighted by Gasteiger charge is 2.31. The number of hydrogen-bond donors (Lipinski definition) is 2. The molecule has 2 heterocycles. The number of piperidine rings is 1. The molecule has 10 heteroatoms. The molecule has 4 N–H and O–H groups in total. The van der Waals surface area contributed by atoms with Crippen molar-refractivity contribution in [2.45, 2.75) is 45.3 Å². The van der Waals surface area contributed by atoms with Crippen LogP contribution < -0.4 is 27.5 Å². The highest BCUT2D eigenvalue weighted by atomic mass is 16.5. The Morgan fingerprint density at radius 2 is 1.88 bits per heavy atom. The van der Waals surface area contributed by atoms with E-state index in [0.717, 1.165) is 17.4 Å². The molecule has 1 aliphatic heterocycles. The largest absolute Gasteiger partial charge is 0.496 e. The van der Waals surface area contributed by atoms with Gasteiger partial charge >= 0.3 is 5.69 Å². The summed E-state index contributed by atoms with van der Waals surface area (Å²) >= 11 is 0. The number of amides is 1. The molecule has 1 saturated heterocycles. The standard InChI is InChI=1S/C22H29N5O5/c1-3-26-21(30)18(16(28)13-25-11-7-6-9-15(25)20(24)29)19(23)27(22(26)31)12-14-8-4-5-10-17(14)32-2/h4-5,8,10,15H,3,6-7,9,11-13,23H2,1-2H3,(H2,24,29). The quantitative estimate of drug-likeness (QED) is 0.555. The van der Waals surface area contributed by atoms with Crippen LogP contribution in [0, 0.1) is 0 Å². The van der Waals surface area contributed by atoms with Gasteiger partial charge in [0.25, 0.3) is 5.56 Å². The lowest BCUT2D eigenvalue weighted by Gasteiger charge is -2.33. The molecule has 1 amide bonds. The number of nitrogens with two attached hydrogens (primary N) is 2. The first-order valence-corrected chi connectivity index (χ1v) is 10.6. The van der Waals surface area contributed by atoms with Crippen molar-refractivity contribution in [3.63, 3.8) is 0 Å². The van der Waals surface area contributed by atoms with Gasteiger partial charge in [-0.3, -0.25) is 28.4 Å². The molecule has 172 valence electrons. The average Bonchev–Trinajstić information content (AvgIpc) is 2.77. The van der Waals surface area contributed by atoms with Crippen molar-refractivity contribution >= 4 is 17.5 Å². The Morgan fingerprint density at radius 1 is 1.16 bits per heavy atom. The Kier molecular flexibility index (Phi) is 7.14. The molecule has 1 aliphatic rings. The van der Waals surface area contributed by atoms with E-state index in [1.807, 2.05) is 0 Å². The van der Waals surface area contributed by atoms with Crippen molar-refractivity contribution < 1.29 is 14.3 Å². The van der Waals surface area contributed by atoms with E-state index in [1.165, 1.54) is 11.7 Å². The number of primary amides is 1. The maximum Gasteiger partial charge on any atom is 0.332 e. The predicted molar refractivity (Wildman–Crippen MR) is 120 cm³/mol. The van der Waals surface area contributed by atoms with E-state index in [-0.39, 0.29) is 31.0 Å². The Hall–Kier alpha value is -3.40. The van der Waals surface area contributed by atoms with Crippen molar-refractivity contribution in [1.29, 1.82) is 0 Å². The molecule has 10 nitrogen and oxygen atoms in total. The third kappa shape index (κ3) is 4.45. The van der Waals surface area contributed by atoms with E-state index in [4.69, 9.17) is 16.2 Å². The second kappa shape index (κ2) is 9.82. The van der Waals surface area contributed by atoms with Crippen LogP contribution in [-0.2, 0) is 17.9 Å². The van der Waals surface area contributed by atoms with E-state index in [1.54, 1.807) is 36.1 Å². The summed E-state index contributed by atoms with van der Waals surface area (Å²) in [4.78, 5) is 52.6. The number of anilines is 1. The van der Waals surface area contributed by atoms with Gasteiger partial charge < -0.3 is 16.2 Å². The van der Waals surface area contributed by atoms with Crippen LogP contribution in [0.15, 0.2) is 33.9 Å². The van der Waals surface area contributed by atoms with Crippen LogP contribution in [0.4, 0.5) is 5.82 Å². The molecule has 1 aromatic carbocycles. The average molecular weight is 444 g/mol. The van der Waals surface area contributed by atoms with Crippen LogP contribution in [0.25, 0.3) is 0 Å². The summed E-state index contributed by atoms with van der Waals surface area (Å²) in [5.74, 6) is -0.694. The van der Waals surface area contributed by atoms with Gasteiger partial charge in [0.15, 0.2) is 5.78 Å². The van der Waals surface area contributed by atoms with Crippen LogP contribution in [0.3, 0.4) is 0 Å². The number of ketones is 1. The van der Waals surface area contributed by atoms with Gasteiger partial charge in [0, 0.05) is 12.1 Å². The maximum atomic E-state index is 13.2. The molecule has 0 bridgehead atoms. The van der Waals surface area contributed by atoms with Crippen LogP contribution in [0.5, 0.6) is 5.75 Å². The summed E-state index contributed by atoms with van der Waals surface area (Å²) in [5, 5.41) is 0. The zero-order chi connectivity index (χ0) is 23.4. The van der Waals surface area contributed by atoms with Crippen LogP contribution in [0.1, 0.15) is 42.1 Å². The molecular formula is C22H29N5O5. The summed E-state index contributed by atoms with van der Waals surface area (Å²) in [5.41, 5.74) is 10.8. The van der Waals surface area contributed by atoms with Crippen molar-refractivity contribution in [3.8, 4) is 5.75 Å². The Bertz CT molecular complexity index is 1140. The van der Waals surface area contributed by atoms with Gasteiger partial charge in [0.2, 0.25) is 5.91 Å². The number of likely N-dealkylation sites (tertiary alicyclic amines) is 1. The van der Waals surface area contributed by atoms with Crippen molar-refractivity contribution in [3.05, 3.63) is 56.2 Å². The minimum Gasteiger partial charge on any atom is -0.496 e. The Labute approximate surface area is 185 Å². The number of ether oxygens (including phenoxy) is 1. The monoisotopic (exact) mass is 443 g/mol. The normalized spacial score (nSPS) is 16.6. The fourth-order valence-electron chi connectivity index (χ4n) is 4.18. The number of Topliss-reactive ketones (excluding diaryl/α,β-unsaturated/α-hetero) is 1.